The minimum Gasteiger partial charge on any atom is -0.190 e. The van der Waals surface area contributed by atoms with Crippen molar-refractivity contribution in [1.82, 2.24) is 0 Å². The van der Waals surface area contributed by atoms with E-state index in [1.165, 1.54) is 0 Å². The number of alkyl halides is 3. The standard InChI is InChI=1S/C23H22F3IO3S/c1-15-5-9-20(13-17(15)3)27(21-10-6-16(2)18(4)14-21)30-31(28,29)22-11-7-19(8-12-22)23(24,25)26/h5-14H,1-4H3/q+1. The second-order valence-corrected chi connectivity index (χ2v) is 13.7. The minimum atomic E-state index is -4.54. The van der Waals surface area contributed by atoms with Crippen molar-refractivity contribution in [1.29, 1.82) is 0 Å². The highest BCUT2D eigenvalue weighted by Gasteiger charge is 2.39. The Morgan fingerprint density at radius 3 is 1.55 bits per heavy atom. The smallest absolute Gasteiger partial charge is 0.190 e. The third kappa shape index (κ3) is 5.48. The molecule has 0 saturated heterocycles. The van der Waals surface area contributed by atoms with Crippen LogP contribution in [0, 0.1) is 34.8 Å². The van der Waals surface area contributed by atoms with Crippen molar-refractivity contribution < 1.29 is 44.3 Å². The Morgan fingerprint density at radius 2 is 1.16 bits per heavy atom. The topological polar surface area (TPSA) is 43.4 Å². The fraction of sp³-hybridized carbons (Fsp3) is 0.217. The van der Waals surface area contributed by atoms with Gasteiger partial charge in [-0.1, -0.05) is 12.1 Å². The lowest BCUT2D eigenvalue weighted by Crippen LogP contribution is -3.85. The van der Waals surface area contributed by atoms with Gasteiger partial charge in [-0.2, -0.15) is 21.6 Å². The molecule has 0 fully saturated rings. The van der Waals surface area contributed by atoms with E-state index in [1.54, 1.807) is 0 Å². The maximum Gasteiger partial charge on any atom is 0.416 e. The molecular weight excluding hydrogens is 540 g/mol. The van der Waals surface area contributed by atoms with Gasteiger partial charge in [0.2, 0.25) is 0 Å². The number of aryl methyl sites for hydroxylation is 4. The Kier molecular flexibility index (Phi) is 6.83. The summed E-state index contributed by atoms with van der Waals surface area (Å²) >= 11 is -2.92. The van der Waals surface area contributed by atoms with Crippen molar-refractivity contribution in [2.24, 2.45) is 0 Å². The minimum absolute atomic E-state index is 0.296. The third-order valence-corrected chi connectivity index (χ3v) is 12.2. The summed E-state index contributed by atoms with van der Waals surface area (Å²) in [5, 5.41) is 0. The SMILES string of the molecule is Cc1ccc([I+](OS(=O)(=O)c2ccc(C(F)(F)F)cc2)c2ccc(C)c(C)c2)cc1C. The fourth-order valence-corrected chi connectivity index (χ4v) is 10.1. The molecule has 165 valence electrons. The van der Waals surface area contributed by atoms with Crippen molar-refractivity contribution in [2.45, 2.75) is 38.8 Å². The quantitative estimate of drug-likeness (QED) is 0.450. The van der Waals surface area contributed by atoms with Crippen molar-refractivity contribution in [3.05, 3.63) is 95.6 Å². The molecule has 0 spiro atoms. The van der Waals surface area contributed by atoms with Gasteiger partial charge in [-0.05, 0) is 101 Å². The fourth-order valence-electron chi connectivity index (χ4n) is 2.75. The molecule has 1 radical (unpaired) electrons. The molecular formula is C23H22F3IO3S+. The van der Waals surface area contributed by atoms with E-state index in [4.69, 9.17) is 2.51 Å². The molecule has 3 aromatic rings. The summed E-state index contributed by atoms with van der Waals surface area (Å²) in [7, 11) is -4.26. The van der Waals surface area contributed by atoms with Gasteiger partial charge in [0.05, 0.1) is 10.5 Å². The Morgan fingerprint density at radius 1 is 0.710 bits per heavy atom. The first kappa shape index (κ1) is 23.7. The van der Waals surface area contributed by atoms with Crippen LogP contribution in [-0.4, -0.2) is 8.42 Å². The van der Waals surface area contributed by atoms with E-state index in [1.807, 2.05) is 64.1 Å². The molecule has 31 heavy (non-hydrogen) atoms. The third-order valence-electron chi connectivity index (χ3n) is 4.95. The summed E-state index contributed by atoms with van der Waals surface area (Å²) in [5.74, 6) is 0. The Labute approximate surface area is 188 Å². The molecule has 0 saturated carbocycles. The molecule has 3 rings (SSSR count). The number of hydrogen-bond donors (Lipinski definition) is 0. The maximum absolute atomic E-state index is 13.0. The number of hydrogen-bond acceptors (Lipinski definition) is 3. The summed E-state index contributed by atoms with van der Waals surface area (Å²) in [5.41, 5.74) is 3.26. The summed E-state index contributed by atoms with van der Waals surface area (Å²) in [6, 6.07) is 14.8. The van der Waals surface area contributed by atoms with E-state index in [0.717, 1.165) is 53.7 Å². The molecule has 0 bridgehead atoms. The van der Waals surface area contributed by atoms with Crippen LogP contribution in [0.4, 0.5) is 13.2 Å². The lowest BCUT2D eigenvalue weighted by Gasteiger charge is -2.10. The van der Waals surface area contributed by atoms with E-state index in [9.17, 15) is 21.6 Å². The van der Waals surface area contributed by atoms with Crippen molar-refractivity contribution in [3.63, 3.8) is 0 Å². The zero-order valence-corrected chi connectivity index (χ0v) is 20.4. The van der Waals surface area contributed by atoms with Crippen LogP contribution in [0.3, 0.4) is 0 Å². The van der Waals surface area contributed by atoms with Gasteiger partial charge in [-0.25, -0.2) is 0 Å². The second kappa shape index (κ2) is 8.91. The van der Waals surface area contributed by atoms with Gasteiger partial charge in [0.1, 0.15) is 0 Å². The molecule has 0 N–H and O–H groups in total. The van der Waals surface area contributed by atoms with Crippen LogP contribution in [0.1, 0.15) is 27.8 Å². The van der Waals surface area contributed by atoms with Crippen LogP contribution in [0.15, 0.2) is 65.6 Å². The normalized spacial score (nSPS) is 12.4. The van der Waals surface area contributed by atoms with Crippen LogP contribution >= 0.6 is 0 Å². The van der Waals surface area contributed by atoms with E-state index in [2.05, 4.69) is 0 Å². The van der Waals surface area contributed by atoms with Crippen molar-refractivity contribution in [3.8, 4) is 0 Å². The average molecular weight is 562 g/mol. The van der Waals surface area contributed by atoms with Gasteiger partial charge >= 0.3 is 36.5 Å². The molecule has 0 aliphatic heterocycles. The predicted octanol–water partition coefficient (Wildman–Crippen LogP) is 2.92. The van der Waals surface area contributed by atoms with Crippen molar-refractivity contribution in [2.75, 3.05) is 0 Å². The maximum atomic E-state index is 13.0. The van der Waals surface area contributed by atoms with Crippen LogP contribution in [0.25, 0.3) is 0 Å². The highest BCUT2D eigenvalue weighted by Crippen LogP contribution is 2.29. The molecule has 0 aliphatic rings. The highest BCUT2D eigenvalue weighted by atomic mass is 127. The molecule has 0 aromatic heterocycles. The summed E-state index contributed by atoms with van der Waals surface area (Å²) < 4.78 is 71.8. The van der Waals surface area contributed by atoms with Gasteiger partial charge in [-0.15, -0.1) is 0 Å². The first-order chi connectivity index (χ1) is 14.4. The van der Waals surface area contributed by atoms with Crippen LogP contribution < -0.4 is 20.2 Å². The van der Waals surface area contributed by atoms with E-state index < -0.39 is 42.1 Å². The number of benzene rings is 3. The summed E-state index contributed by atoms with van der Waals surface area (Å²) in [6.07, 6.45) is -4.54. The lowest BCUT2D eigenvalue weighted by atomic mass is 10.1. The number of halogens is 4. The van der Waals surface area contributed by atoms with Crippen LogP contribution in [0.2, 0.25) is 0 Å². The Hall–Kier alpha value is -1.91. The molecule has 8 heteroatoms. The molecule has 3 nitrogen and oxygen atoms in total. The van der Waals surface area contributed by atoms with Gasteiger partial charge in [0, 0.05) is 0 Å². The molecule has 0 atom stereocenters. The van der Waals surface area contributed by atoms with Crippen LogP contribution in [0.5, 0.6) is 0 Å². The highest BCUT2D eigenvalue weighted by molar-refractivity contribution is 7.86. The molecule has 0 amide bonds. The Balaban J connectivity index is 2.04. The summed E-state index contributed by atoms with van der Waals surface area (Å²) in [4.78, 5) is -0.296. The predicted molar refractivity (Wildman–Crippen MR) is 109 cm³/mol. The van der Waals surface area contributed by atoms with E-state index >= 15 is 0 Å². The molecule has 3 aromatic carbocycles. The monoisotopic (exact) mass is 562 g/mol. The second-order valence-electron chi connectivity index (χ2n) is 7.25. The van der Waals surface area contributed by atoms with Gasteiger partial charge < -0.3 is 0 Å². The van der Waals surface area contributed by atoms with E-state index in [0.29, 0.717) is 0 Å². The Bertz CT molecular complexity index is 1150. The first-order valence-electron chi connectivity index (χ1n) is 9.35. The zero-order valence-electron chi connectivity index (χ0n) is 17.4. The zero-order chi connectivity index (χ0) is 23.0. The summed E-state index contributed by atoms with van der Waals surface area (Å²) in [6.45, 7) is 7.82. The average Bonchev–Trinajstić information content (AvgIpc) is 2.70. The van der Waals surface area contributed by atoms with Gasteiger partial charge in [0.25, 0.3) is 0 Å². The van der Waals surface area contributed by atoms with Crippen molar-refractivity contribution >= 4 is 10.1 Å². The largest absolute Gasteiger partial charge is 0.416 e. The van der Waals surface area contributed by atoms with Gasteiger partial charge in [0.15, 0.2) is 7.14 Å². The first-order valence-corrected chi connectivity index (χ1v) is 13.8. The van der Waals surface area contributed by atoms with E-state index in [-0.39, 0.29) is 4.90 Å². The molecule has 0 aliphatic carbocycles. The van der Waals surface area contributed by atoms with Gasteiger partial charge in [-0.3, -0.25) is 0 Å². The molecule has 0 heterocycles. The van der Waals surface area contributed by atoms with Crippen LogP contribution in [-0.2, 0) is 18.8 Å². The lowest BCUT2D eigenvalue weighted by molar-refractivity contribution is -1.03. The number of rotatable bonds is 5. The molecule has 0 unspecified atom stereocenters.